The Labute approximate surface area is 128 Å². The second-order valence-electron chi connectivity index (χ2n) is 5.02. The summed E-state index contributed by atoms with van der Waals surface area (Å²) in [6, 6.07) is 6.61. The molecule has 3 nitrogen and oxygen atoms in total. The molecule has 106 valence electrons. The van der Waals surface area contributed by atoms with Gasteiger partial charge >= 0.3 is 0 Å². The van der Waals surface area contributed by atoms with Gasteiger partial charge in [0.15, 0.2) is 0 Å². The van der Waals surface area contributed by atoms with Crippen molar-refractivity contribution in [3.63, 3.8) is 0 Å². The van der Waals surface area contributed by atoms with Crippen molar-refractivity contribution >= 4 is 27.5 Å². The van der Waals surface area contributed by atoms with Gasteiger partial charge in [-0.1, -0.05) is 17.7 Å². The van der Waals surface area contributed by atoms with E-state index in [0.717, 1.165) is 22.5 Å². The highest BCUT2D eigenvalue weighted by Crippen LogP contribution is 2.31. The van der Waals surface area contributed by atoms with Gasteiger partial charge in [-0.25, -0.2) is 0 Å². The van der Waals surface area contributed by atoms with Crippen molar-refractivity contribution in [2.24, 2.45) is 5.73 Å². The number of nitrogens with two attached hydrogens (primary N) is 1. The molecule has 0 bridgehead atoms. The van der Waals surface area contributed by atoms with Crippen LogP contribution in [0.25, 0.3) is 0 Å². The number of ether oxygens (including phenoxy) is 1. The third kappa shape index (κ3) is 3.31. The van der Waals surface area contributed by atoms with Crippen LogP contribution in [0.4, 0.5) is 0 Å². The smallest absolute Gasteiger partial charge is 0.0703 e. The SMILES string of the molecule is CC1OCCC1N(C)C(CN)c1ccc(Cl)c(Br)c1. The highest BCUT2D eigenvalue weighted by molar-refractivity contribution is 9.10. The first-order chi connectivity index (χ1) is 9.04. The summed E-state index contributed by atoms with van der Waals surface area (Å²) in [6.45, 7) is 3.53. The van der Waals surface area contributed by atoms with Crippen LogP contribution >= 0.6 is 27.5 Å². The Kier molecular flexibility index (Phi) is 5.26. The van der Waals surface area contributed by atoms with Gasteiger partial charge in [0.25, 0.3) is 0 Å². The maximum Gasteiger partial charge on any atom is 0.0703 e. The molecule has 0 amide bonds. The molecule has 0 saturated carbocycles. The summed E-state index contributed by atoms with van der Waals surface area (Å²) in [5.74, 6) is 0. The molecule has 5 heteroatoms. The van der Waals surface area contributed by atoms with E-state index in [1.165, 1.54) is 5.56 Å². The number of benzene rings is 1. The average Bonchev–Trinajstić information content (AvgIpc) is 2.80. The molecule has 0 spiro atoms. The van der Waals surface area contributed by atoms with Crippen molar-refractivity contribution in [2.75, 3.05) is 20.2 Å². The maximum atomic E-state index is 6.05. The van der Waals surface area contributed by atoms with Gasteiger partial charge < -0.3 is 10.5 Å². The van der Waals surface area contributed by atoms with Crippen molar-refractivity contribution < 1.29 is 4.74 Å². The van der Waals surface area contributed by atoms with Gasteiger partial charge in [-0.15, -0.1) is 0 Å². The Balaban J connectivity index is 2.20. The van der Waals surface area contributed by atoms with Crippen molar-refractivity contribution in [1.82, 2.24) is 4.90 Å². The van der Waals surface area contributed by atoms with Gasteiger partial charge in [-0.05, 0) is 54.0 Å². The highest BCUT2D eigenvalue weighted by atomic mass is 79.9. The molecule has 2 N–H and O–H groups in total. The Hall–Kier alpha value is -0.130. The van der Waals surface area contributed by atoms with E-state index in [9.17, 15) is 0 Å². The molecule has 1 aliphatic rings. The Morgan fingerprint density at radius 3 is 2.84 bits per heavy atom. The molecule has 0 aliphatic carbocycles. The zero-order valence-corrected chi connectivity index (χ0v) is 13.6. The molecule has 0 radical (unpaired) electrons. The lowest BCUT2D eigenvalue weighted by Crippen LogP contribution is -2.42. The predicted molar refractivity (Wildman–Crippen MR) is 82.5 cm³/mol. The first-order valence-electron chi connectivity index (χ1n) is 6.53. The van der Waals surface area contributed by atoms with Crippen molar-refractivity contribution in [1.29, 1.82) is 0 Å². The predicted octanol–water partition coefficient (Wildman–Crippen LogP) is 3.21. The van der Waals surface area contributed by atoms with E-state index in [0.29, 0.717) is 12.6 Å². The topological polar surface area (TPSA) is 38.5 Å². The summed E-state index contributed by atoms with van der Waals surface area (Å²) in [5.41, 5.74) is 7.16. The summed E-state index contributed by atoms with van der Waals surface area (Å²) in [6.07, 6.45) is 1.32. The van der Waals surface area contributed by atoms with Gasteiger partial charge in [0.2, 0.25) is 0 Å². The van der Waals surface area contributed by atoms with E-state index in [2.05, 4.69) is 40.9 Å². The molecule has 3 atom stereocenters. The number of halogens is 2. The Bertz CT molecular complexity index is 443. The van der Waals surface area contributed by atoms with E-state index in [1.54, 1.807) is 0 Å². The fourth-order valence-electron chi connectivity index (χ4n) is 2.74. The largest absolute Gasteiger partial charge is 0.377 e. The number of rotatable bonds is 4. The molecule has 1 fully saturated rings. The lowest BCUT2D eigenvalue weighted by molar-refractivity contribution is 0.0686. The molecular weight excluding hydrogens is 328 g/mol. The lowest BCUT2D eigenvalue weighted by atomic mass is 10.0. The molecule has 1 aromatic rings. The van der Waals surface area contributed by atoms with Crippen molar-refractivity contribution in [2.45, 2.75) is 31.5 Å². The third-order valence-corrected chi connectivity index (χ3v) is 5.12. The minimum Gasteiger partial charge on any atom is -0.377 e. The first-order valence-corrected chi connectivity index (χ1v) is 7.70. The third-order valence-electron chi connectivity index (χ3n) is 3.90. The summed E-state index contributed by atoms with van der Waals surface area (Å²) in [5, 5.41) is 0.722. The Morgan fingerprint density at radius 1 is 1.58 bits per heavy atom. The number of hydrogen-bond acceptors (Lipinski definition) is 3. The van der Waals surface area contributed by atoms with Crippen LogP contribution in [0.3, 0.4) is 0 Å². The normalized spacial score (nSPS) is 24.9. The van der Waals surface area contributed by atoms with Gasteiger partial charge in [0, 0.05) is 29.7 Å². The van der Waals surface area contributed by atoms with Gasteiger partial charge in [-0.2, -0.15) is 0 Å². The minimum absolute atomic E-state index is 0.183. The zero-order valence-electron chi connectivity index (χ0n) is 11.3. The van der Waals surface area contributed by atoms with Gasteiger partial charge in [0.1, 0.15) is 0 Å². The summed E-state index contributed by atoms with van der Waals surface area (Å²) in [4.78, 5) is 2.33. The lowest BCUT2D eigenvalue weighted by Gasteiger charge is -2.34. The van der Waals surface area contributed by atoms with E-state index in [1.807, 2.05) is 12.1 Å². The van der Waals surface area contributed by atoms with E-state index < -0.39 is 0 Å². The fourth-order valence-corrected chi connectivity index (χ4v) is 3.26. The van der Waals surface area contributed by atoms with Crippen molar-refractivity contribution in [3.05, 3.63) is 33.3 Å². The Morgan fingerprint density at radius 2 is 2.32 bits per heavy atom. The number of hydrogen-bond donors (Lipinski definition) is 1. The first kappa shape index (κ1) is 15.3. The molecule has 2 rings (SSSR count). The second-order valence-corrected chi connectivity index (χ2v) is 6.28. The molecular formula is C14H20BrClN2O. The highest BCUT2D eigenvalue weighted by Gasteiger charge is 2.31. The average molecular weight is 348 g/mol. The minimum atomic E-state index is 0.183. The summed E-state index contributed by atoms with van der Waals surface area (Å²) < 4.78 is 6.56. The van der Waals surface area contributed by atoms with Crippen LogP contribution < -0.4 is 5.73 Å². The van der Waals surface area contributed by atoms with Crippen LogP contribution in [0.2, 0.25) is 5.02 Å². The quantitative estimate of drug-likeness (QED) is 0.909. The maximum absolute atomic E-state index is 6.05. The van der Waals surface area contributed by atoms with E-state index in [-0.39, 0.29) is 12.1 Å². The van der Waals surface area contributed by atoms with E-state index >= 15 is 0 Å². The molecule has 1 saturated heterocycles. The molecule has 0 aromatic heterocycles. The van der Waals surface area contributed by atoms with Gasteiger partial charge in [-0.3, -0.25) is 4.90 Å². The van der Waals surface area contributed by atoms with Crippen LogP contribution in [0, 0.1) is 0 Å². The number of likely N-dealkylation sites (N-methyl/N-ethyl adjacent to an activating group) is 1. The van der Waals surface area contributed by atoms with Crippen LogP contribution in [0.1, 0.15) is 24.9 Å². The van der Waals surface area contributed by atoms with Crippen LogP contribution in [-0.2, 0) is 4.74 Å². The van der Waals surface area contributed by atoms with Crippen LogP contribution in [-0.4, -0.2) is 37.2 Å². The zero-order chi connectivity index (χ0) is 14.0. The summed E-state index contributed by atoms with van der Waals surface area (Å²) >= 11 is 9.52. The summed E-state index contributed by atoms with van der Waals surface area (Å²) in [7, 11) is 2.12. The van der Waals surface area contributed by atoms with Gasteiger partial charge in [0.05, 0.1) is 11.1 Å². The van der Waals surface area contributed by atoms with Crippen LogP contribution in [0.5, 0.6) is 0 Å². The second kappa shape index (κ2) is 6.55. The molecule has 1 heterocycles. The monoisotopic (exact) mass is 346 g/mol. The van der Waals surface area contributed by atoms with Crippen molar-refractivity contribution in [3.8, 4) is 0 Å². The number of nitrogens with zero attached hydrogens (tertiary/aromatic N) is 1. The standard InChI is InChI=1S/C14H20BrClN2O/c1-9-13(5-6-19-9)18(2)14(8-17)10-3-4-12(16)11(15)7-10/h3-4,7,9,13-14H,5-6,8,17H2,1-2H3. The molecule has 1 aromatic carbocycles. The molecule has 3 unspecified atom stereocenters. The van der Waals surface area contributed by atoms with E-state index in [4.69, 9.17) is 22.1 Å². The molecule has 1 aliphatic heterocycles. The van der Waals surface area contributed by atoms with Crippen LogP contribution in [0.15, 0.2) is 22.7 Å². The molecule has 19 heavy (non-hydrogen) atoms. The fraction of sp³-hybridized carbons (Fsp3) is 0.571.